The molecule has 1 aliphatic carbocycles. The van der Waals surface area contributed by atoms with Crippen molar-refractivity contribution >= 4 is 51.2 Å². The van der Waals surface area contributed by atoms with E-state index in [-0.39, 0.29) is 11.9 Å². The van der Waals surface area contributed by atoms with Crippen LogP contribution in [-0.2, 0) is 10.8 Å². The molecule has 3 N–H and O–H groups in total. The molecule has 0 aromatic carbocycles. The summed E-state index contributed by atoms with van der Waals surface area (Å²) in [5.74, 6) is 1.18. The molecule has 1 amide bonds. The fourth-order valence-corrected chi connectivity index (χ4v) is 7.24. The topological polar surface area (TPSA) is 110 Å². The molecular weight excluding hydrogens is 430 g/mol. The van der Waals surface area contributed by atoms with Gasteiger partial charge >= 0.3 is 0 Å². The average Bonchev–Trinajstić information content (AvgIpc) is 3.10. The highest BCUT2D eigenvalue weighted by molar-refractivity contribution is 7.87. The molecule has 4 rings (SSSR count). The molecule has 154 valence electrons. The van der Waals surface area contributed by atoms with Gasteiger partial charge < -0.3 is 11.1 Å². The van der Waals surface area contributed by atoms with E-state index in [1.54, 1.807) is 25.4 Å². The van der Waals surface area contributed by atoms with Crippen molar-refractivity contribution in [1.29, 1.82) is 0 Å². The second kappa shape index (κ2) is 8.12. The van der Waals surface area contributed by atoms with Gasteiger partial charge in [-0.05, 0) is 25.8 Å². The lowest BCUT2D eigenvalue weighted by Gasteiger charge is -2.39. The number of rotatable bonds is 3. The number of nitrogens with one attached hydrogen (secondary N) is 1. The number of carbonyl (C=O) groups excluding carboxylic acids is 1. The molecule has 1 spiro atoms. The molecule has 0 radical (unpaired) electrons. The van der Waals surface area contributed by atoms with Gasteiger partial charge in [-0.15, -0.1) is 11.3 Å². The number of hydrogen-bond donors (Lipinski definition) is 2. The number of anilines is 1. The summed E-state index contributed by atoms with van der Waals surface area (Å²) in [5, 5.41) is 3.20. The minimum Gasteiger partial charge on any atom is -0.386 e. The molecule has 10 heteroatoms. The SMILES string of the molecule is Cc1ncc(NC(=O)c2cc(Cl)c([C@@H]3CS(=O)C4(CCCCC4)C(N)=N3)s2)cn1. The van der Waals surface area contributed by atoms with E-state index in [1.807, 2.05) is 0 Å². The van der Waals surface area contributed by atoms with E-state index in [1.165, 1.54) is 11.3 Å². The number of carbonyl (C=O) groups is 1. The Balaban J connectivity index is 1.55. The summed E-state index contributed by atoms with van der Waals surface area (Å²) >= 11 is 7.67. The quantitative estimate of drug-likeness (QED) is 0.740. The van der Waals surface area contributed by atoms with Crippen LogP contribution in [0.1, 0.15) is 58.5 Å². The number of hydrogen-bond acceptors (Lipinski definition) is 7. The van der Waals surface area contributed by atoms with E-state index in [9.17, 15) is 9.00 Å². The molecule has 3 heterocycles. The number of aryl methyl sites for hydroxylation is 1. The molecule has 1 fully saturated rings. The highest BCUT2D eigenvalue weighted by Gasteiger charge is 2.46. The molecule has 1 unspecified atom stereocenters. The first-order chi connectivity index (χ1) is 13.9. The lowest BCUT2D eigenvalue weighted by atomic mass is 9.87. The molecule has 2 aromatic rings. The Bertz CT molecular complexity index is 983. The van der Waals surface area contributed by atoms with Crippen molar-refractivity contribution in [2.75, 3.05) is 11.1 Å². The van der Waals surface area contributed by atoms with E-state index in [0.717, 1.165) is 37.0 Å². The molecule has 2 aromatic heterocycles. The van der Waals surface area contributed by atoms with Gasteiger partial charge in [0.2, 0.25) is 0 Å². The standard InChI is InChI=1S/C19H22ClN5O2S2/c1-11-22-8-12(9-23-11)24-17(26)15-7-13(20)16(28-15)14-10-29(27)19(18(21)25-14)5-3-2-4-6-19/h7-9,14H,2-6,10H2,1H3,(H2,21,25)(H,24,26)/t14-,29?/m0/s1. The molecule has 0 saturated heterocycles. The van der Waals surface area contributed by atoms with Crippen molar-refractivity contribution < 1.29 is 9.00 Å². The predicted molar refractivity (Wildman–Crippen MR) is 117 cm³/mol. The number of amides is 1. The van der Waals surface area contributed by atoms with Crippen molar-refractivity contribution in [2.24, 2.45) is 10.7 Å². The van der Waals surface area contributed by atoms with Gasteiger partial charge in [-0.3, -0.25) is 14.0 Å². The third-order valence-corrected chi connectivity index (χ3v) is 9.21. The Morgan fingerprint density at radius 1 is 1.31 bits per heavy atom. The zero-order chi connectivity index (χ0) is 20.6. The highest BCUT2D eigenvalue weighted by Crippen LogP contribution is 2.42. The average molecular weight is 452 g/mol. The maximum absolute atomic E-state index is 13.1. The van der Waals surface area contributed by atoms with Crippen LogP contribution in [0.15, 0.2) is 23.5 Å². The number of aromatic nitrogens is 2. The number of nitrogens with two attached hydrogens (primary N) is 1. The Kier molecular flexibility index (Phi) is 5.72. The number of aliphatic imine (C=N–C) groups is 1. The molecule has 7 nitrogen and oxygen atoms in total. The lowest BCUT2D eigenvalue weighted by Crippen LogP contribution is -2.53. The van der Waals surface area contributed by atoms with Crippen LogP contribution in [0.2, 0.25) is 5.02 Å². The van der Waals surface area contributed by atoms with E-state index < -0.39 is 15.5 Å². The first-order valence-electron chi connectivity index (χ1n) is 9.50. The summed E-state index contributed by atoms with van der Waals surface area (Å²) in [6, 6.07) is 1.23. The van der Waals surface area contributed by atoms with Crippen LogP contribution < -0.4 is 11.1 Å². The normalized spacial score (nSPS) is 23.6. The van der Waals surface area contributed by atoms with Crippen LogP contribution in [0.5, 0.6) is 0 Å². The predicted octanol–water partition coefficient (Wildman–Crippen LogP) is 3.62. The zero-order valence-electron chi connectivity index (χ0n) is 16.0. The number of halogens is 1. The fraction of sp³-hybridized carbons (Fsp3) is 0.474. The van der Waals surface area contributed by atoms with E-state index in [4.69, 9.17) is 17.3 Å². The van der Waals surface area contributed by atoms with Crippen LogP contribution in [0.4, 0.5) is 5.69 Å². The third kappa shape index (κ3) is 3.95. The molecule has 29 heavy (non-hydrogen) atoms. The Hall–Kier alpha value is -1.84. The van der Waals surface area contributed by atoms with Gasteiger partial charge in [-0.1, -0.05) is 30.9 Å². The van der Waals surface area contributed by atoms with Crippen LogP contribution >= 0.6 is 22.9 Å². The van der Waals surface area contributed by atoms with Gasteiger partial charge in [-0.25, -0.2) is 9.97 Å². The van der Waals surface area contributed by atoms with Crippen molar-refractivity contribution in [3.63, 3.8) is 0 Å². The van der Waals surface area contributed by atoms with Gasteiger partial charge in [0, 0.05) is 15.7 Å². The minimum absolute atomic E-state index is 0.298. The van der Waals surface area contributed by atoms with Crippen LogP contribution in [0.25, 0.3) is 0 Å². The molecular formula is C19H22ClN5O2S2. The highest BCUT2D eigenvalue weighted by atomic mass is 35.5. The van der Waals surface area contributed by atoms with E-state index in [0.29, 0.717) is 33.0 Å². The smallest absolute Gasteiger partial charge is 0.265 e. The number of amidine groups is 1. The Morgan fingerprint density at radius 2 is 2.00 bits per heavy atom. The summed E-state index contributed by atoms with van der Waals surface area (Å²) in [5.41, 5.74) is 6.83. The zero-order valence-corrected chi connectivity index (χ0v) is 18.4. The number of nitrogens with zero attached hydrogens (tertiary/aromatic N) is 3. The van der Waals surface area contributed by atoms with Gasteiger partial charge in [0.25, 0.3) is 5.91 Å². The second-order valence-corrected chi connectivity index (χ2v) is 10.7. The van der Waals surface area contributed by atoms with Crippen LogP contribution in [0.3, 0.4) is 0 Å². The molecule has 0 bridgehead atoms. The van der Waals surface area contributed by atoms with E-state index in [2.05, 4.69) is 20.3 Å². The third-order valence-electron chi connectivity index (χ3n) is 5.45. The summed E-state index contributed by atoms with van der Waals surface area (Å²) < 4.78 is 12.6. The van der Waals surface area contributed by atoms with Crippen LogP contribution in [0, 0.1) is 6.92 Å². The largest absolute Gasteiger partial charge is 0.386 e. The second-order valence-electron chi connectivity index (χ2n) is 7.39. The van der Waals surface area contributed by atoms with Crippen molar-refractivity contribution in [3.05, 3.63) is 39.1 Å². The summed E-state index contributed by atoms with van der Waals surface area (Å²) in [4.78, 5) is 26.6. The monoisotopic (exact) mass is 451 g/mol. The fourth-order valence-electron chi connectivity index (χ4n) is 3.86. The van der Waals surface area contributed by atoms with Crippen LogP contribution in [-0.4, -0.2) is 36.4 Å². The maximum Gasteiger partial charge on any atom is 0.265 e. The van der Waals surface area contributed by atoms with Gasteiger partial charge in [-0.2, -0.15) is 0 Å². The van der Waals surface area contributed by atoms with Gasteiger partial charge in [0.15, 0.2) is 0 Å². The molecule has 2 atom stereocenters. The summed E-state index contributed by atoms with van der Waals surface area (Å²) in [6.45, 7) is 1.77. The van der Waals surface area contributed by atoms with Gasteiger partial charge in [0.05, 0.1) is 39.8 Å². The minimum atomic E-state index is -1.11. The van der Waals surface area contributed by atoms with Gasteiger partial charge in [0.1, 0.15) is 16.4 Å². The summed E-state index contributed by atoms with van der Waals surface area (Å²) in [7, 11) is -1.11. The van der Waals surface area contributed by atoms with Crippen molar-refractivity contribution in [3.8, 4) is 0 Å². The van der Waals surface area contributed by atoms with Crippen molar-refractivity contribution in [1.82, 2.24) is 9.97 Å². The first-order valence-corrected chi connectivity index (χ1v) is 12.0. The lowest BCUT2D eigenvalue weighted by molar-refractivity contribution is 0.103. The number of thiophene rings is 1. The van der Waals surface area contributed by atoms with Crippen molar-refractivity contribution in [2.45, 2.75) is 49.8 Å². The molecule has 1 saturated carbocycles. The Morgan fingerprint density at radius 3 is 2.66 bits per heavy atom. The van der Waals surface area contributed by atoms with E-state index >= 15 is 0 Å². The molecule has 1 aliphatic heterocycles. The maximum atomic E-state index is 13.1. The Labute approximate surface area is 180 Å². The summed E-state index contributed by atoms with van der Waals surface area (Å²) in [6.07, 6.45) is 7.96. The first kappa shape index (κ1) is 20.4. The molecule has 2 aliphatic rings.